The summed E-state index contributed by atoms with van der Waals surface area (Å²) in [5.74, 6) is -2.01. The lowest BCUT2D eigenvalue weighted by Gasteiger charge is -2.13. The predicted octanol–water partition coefficient (Wildman–Crippen LogP) is 0.0933. The first kappa shape index (κ1) is 17.3. The Kier molecular flexibility index (Phi) is 12.9. The van der Waals surface area contributed by atoms with Crippen LogP contribution >= 0.6 is 0 Å². The zero-order valence-corrected chi connectivity index (χ0v) is 10.2. The molecule has 0 saturated carbocycles. The minimum Gasteiger partial charge on any atom is -0.480 e. The largest absolute Gasteiger partial charge is 0.480 e. The molecule has 0 aromatic carbocycles. The minimum absolute atomic E-state index is 0.219. The van der Waals surface area contributed by atoms with Gasteiger partial charge < -0.3 is 15.5 Å². The van der Waals surface area contributed by atoms with Crippen LogP contribution in [0, 0.1) is 0 Å². The van der Waals surface area contributed by atoms with Gasteiger partial charge in [-0.05, 0) is 26.6 Å². The summed E-state index contributed by atoms with van der Waals surface area (Å²) in [7, 11) is 1.96. The molecule has 0 heterocycles. The van der Waals surface area contributed by atoms with Crippen LogP contribution < -0.4 is 5.32 Å². The Labute approximate surface area is 96.3 Å². The molecule has 0 saturated heterocycles. The van der Waals surface area contributed by atoms with Crippen LogP contribution in [0.3, 0.4) is 0 Å². The van der Waals surface area contributed by atoms with Gasteiger partial charge in [0, 0.05) is 0 Å². The van der Waals surface area contributed by atoms with Crippen LogP contribution in [0.2, 0.25) is 0 Å². The molecule has 6 nitrogen and oxygen atoms in total. The van der Waals surface area contributed by atoms with Crippen molar-refractivity contribution in [3.8, 4) is 0 Å². The molecule has 0 radical (unpaired) electrons. The van der Waals surface area contributed by atoms with E-state index in [0.717, 1.165) is 6.54 Å². The van der Waals surface area contributed by atoms with Crippen molar-refractivity contribution in [2.24, 2.45) is 0 Å². The van der Waals surface area contributed by atoms with Gasteiger partial charge in [0.25, 0.3) is 0 Å². The highest BCUT2D eigenvalue weighted by Crippen LogP contribution is 1.86. The van der Waals surface area contributed by atoms with E-state index in [2.05, 4.69) is 12.2 Å². The first-order chi connectivity index (χ1) is 7.47. The average Bonchev–Trinajstić information content (AvgIpc) is 2.17. The number of carboxylic acids is 2. The maximum Gasteiger partial charge on any atom is 0.317 e. The van der Waals surface area contributed by atoms with Gasteiger partial charge in [0.2, 0.25) is 0 Å². The summed E-state index contributed by atoms with van der Waals surface area (Å²) in [4.78, 5) is 21.6. The molecule has 96 valence electrons. The van der Waals surface area contributed by atoms with Crippen LogP contribution in [-0.4, -0.2) is 60.3 Å². The van der Waals surface area contributed by atoms with Crippen molar-refractivity contribution in [3.05, 3.63) is 0 Å². The summed E-state index contributed by atoms with van der Waals surface area (Å²) in [6.07, 6.45) is 1.23. The van der Waals surface area contributed by atoms with E-state index < -0.39 is 11.9 Å². The highest BCUT2D eigenvalue weighted by molar-refractivity contribution is 5.72. The maximum absolute atomic E-state index is 10.1. The summed E-state index contributed by atoms with van der Waals surface area (Å²) in [6.45, 7) is 4.99. The number of aliphatic carboxylic acids is 2. The standard InChI is InChI=1S/C6H11NO4.C4H11N/c1-2-7(3-5(8)9)4-6(10)11;1-3-4-5-2/h2-4H2,1H3,(H,8,9)(H,10,11);5H,3-4H2,1-2H3. The quantitative estimate of drug-likeness (QED) is 0.578. The first-order valence-corrected chi connectivity index (χ1v) is 5.28. The van der Waals surface area contributed by atoms with Gasteiger partial charge in [0.15, 0.2) is 0 Å². The number of carboxylic acid groups (broad SMARTS) is 2. The summed E-state index contributed by atoms with van der Waals surface area (Å²) in [5.41, 5.74) is 0. The van der Waals surface area contributed by atoms with Crippen LogP contribution in [0.1, 0.15) is 20.3 Å². The smallest absolute Gasteiger partial charge is 0.317 e. The van der Waals surface area contributed by atoms with Gasteiger partial charge in [-0.1, -0.05) is 13.8 Å². The van der Waals surface area contributed by atoms with E-state index in [1.54, 1.807) is 6.92 Å². The van der Waals surface area contributed by atoms with Crippen LogP contribution in [-0.2, 0) is 9.59 Å². The Balaban J connectivity index is 0. The van der Waals surface area contributed by atoms with Crippen molar-refractivity contribution in [3.63, 3.8) is 0 Å². The second-order valence-electron chi connectivity index (χ2n) is 3.19. The second-order valence-corrected chi connectivity index (χ2v) is 3.19. The predicted molar refractivity (Wildman–Crippen MR) is 61.6 cm³/mol. The lowest BCUT2D eigenvalue weighted by Crippen LogP contribution is -2.34. The fraction of sp³-hybridized carbons (Fsp3) is 0.800. The van der Waals surface area contributed by atoms with Crippen molar-refractivity contribution >= 4 is 11.9 Å². The first-order valence-electron chi connectivity index (χ1n) is 5.28. The Hall–Kier alpha value is -1.14. The van der Waals surface area contributed by atoms with Crippen molar-refractivity contribution in [1.29, 1.82) is 0 Å². The molecule has 3 N–H and O–H groups in total. The van der Waals surface area contributed by atoms with Crippen LogP contribution in [0.5, 0.6) is 0 Å². The van der Waals surface area contributed by atoms with E-state index >= 15 is 0 Å². The maximum atomic E-state index is 10.1. The van der Waals surface area contributed by atoms with Gasteiger partial charge >= 0.3 is 11.9 Å². The van der Waals surface area contributed by atoms with Crippen molar-refractivity contribution in [1.82, 2.24) is 10.2 Å². The topological polar surface area (TPSA) is 89.9 Å². The molecule has 0 amide bonds. The van der Waals surface area contributed by atoms with E-state index in [-0.39, 0.29) is 13.1 Å². The van der Waals surface area contributed by atoms with Crippen LogP contribution in [0.25, 0.3) is 0 Å². The third kappa shape index (κ3) is 15.3. The van der Waals surface area contributed by atoms with Gasteiger partial charge in [-0.25, -0.2) is 0 Å². The van der Waals surface area contributed by atoms with E-state index in [1.807, 2.05) is 7.05 Å². The molecule has 6 heteroatoms. The highest BCUT2D eigenvalue weighted by Gasteiger charge is 2.10. The van der Waals surface area contributed by atoms with Crippen molar-refractivity contribution in [2.45, 2.75) is 20.3 Å². The number of nitrogens with zero attached hydrogens (tertiary/aromatic N) is 1. The van der Waals surface area contributed by atoms with Gasteiger partial charge in [0.05, 0.1) is 13.1 Å². The monoisotopic (exact) mass is 234 g/mol. The normalized spacial score (nSPS) is 9.50. The fourth-order valence-corrected chi connectivity index (χ4v) is 0.912. The lowest BCUT2D eigenvalue weighted by atomic mass is 10.4. The zero-order valence-electron chi connectivity index (χ0n) is 10.2. The number of likely N-dealkylation sites (N-methyl/N-ethyl adjacent to an activating group) is 1. The molecular weight excluding hydrogens is 212 g/mol. The number of rotatable bonds is 7. The highest BCUT2D eigenvalue weighted by atomic mass is 16.4. The van der Waals surface area contributed by atoms with Crippen molar-refractivity contribution < 1.29 is 19.8 Å². The molecule has 0 fully saturated rings. The van der Waals surface area contributed by atoms with Crippen molar-refractivity contribution in [2.75, 3.05) is 33.2 Å². The average molecular weight is 234 g/mol. The molecular formula is C10H22N2O4. The third-order valence-corrected chi connectivity index (χ3v) is 1.66. The molecule has 0 aromatic rings. The molecule has 0 rings (SSSR count). The molecule has 0 aliphatic rings. The van der Waals surface area contributed by atoms with Crippen LogP contribution in [0.4, 0.5) is 0 Å². The number of carbonyl (C=O) groups is 2. The molecule has 0 aromatic heterocycles. The SMILES string of the molecule is CCCNC.CCN(CC(=O)O)CC(=O)O. The van der Waals surface area contributed by atoms with E-state index in [4.69, 9.17) is 10.2 Å². The molecule has 0 atom stereocenters. The molecule has 0 aliphatic heterocycles. The number of hydrogen-bond donors (Lipinski definition) is 3. The third-order valence-electron chi connectivity index (χ3n) is 1.66. The molecule has 0 unspecified atom stereocenters. The Bertz CT molecular complexity index is 179. The summed E-state index contributed by atoms with van der Waals surface area (Å²) < 4.78 is 0. The summed E-state index contributed by atoms with van der Waals surface area (Å²) in [6, 6.07) is 0. The Morgan fingerprint density at radius 2 is 1.56 bits per heavy atom. The molecule has 16 heavy (non-hydrogen) atoms. The second kappa shape index (κ2) is 11.9. The molecule has 0 aliphatic carbocycles. The number of nitrogens with one attached hydrogen (secondary N) is 1. The number of hydrogen-bond acceptors (Lipinski definition) is 4. The Morgan fingerprint density at radius 3 is 1.69 bits per heavy atom. The van der Waals surface area contributed by atoms with Gasteiger partial charge in [-0.15, -0.1) is 0 Å². The summed E-state index contributed by atoms with van der Waals surface area (Å²) in [5, 5.41) is 19.6. The minimum atomic E-state index is -1.01. The van der Waals surface area contributed by atoms with E-state index in [9.17, 15) is 9.59 Å². The van der Waals surface area contributed by atoms with Gasteiger partial charge in [0.1, 0.15) is 0 Å². The van der Waals surface area contributed by atoms with Crippen LogP contribution in [0.15, 0.2) is 0 Å². The summed E-state index contributed by atoms with van der Waals surface area (Å²) >= 11 is 0. The molecule has 0 bridgehead atoms. The van der Waals surface area contributed by atoms with Gasteiger partial charge in [-0.3, -0.25) is 14.5 Å². The lowest BCUT2D eigenvalue weighted by molar-refractivity contribution is -0.141. The van der Waals surface area contributed by atoms with E-state index in [0.29, 0.717) is 6.54 Å². The van der Waals surface area contributed by atoms with Gasteiger partial charge in [-0.2, -0.15) is 0 Å². The zero-order chi connectivity index (χ0) is 13.0. The van der Waals surface area contributed by atoms with E-state index in [1.165, 1.54) is 11.3 Å². The Morgan fingerprint density at radius 1 is 1.12 bits per heavy atom. The fourth-order valence-electron chi connectivity index (χ4n) is 0.912. The molecule has 0 spiro atoms.